The van der Waals surface area contributed by atoms with Gasteiger partial charge in [-0.25, -0.2) is 0 Å². The van der Waals surface area contributed by atoms with E-state index in [-0.39, 0.29) is 12.5 Å². The Morgan fingerprint density at radius 3 is 2.47 bits per heavy atom. The van der Waals surface area contributed by atoms with Crippen LogP contribution in [0.15, 0.2) is 17.3 Å². The molecule has 0 N–H and O–H groups in total. The summed E-state index contributed by atoms with van der Waals surface area (Å²) in [5.74, 6) is -2.58. The van der Waals surface area contributed by atoms with Crippen LogP contribution in [0.2, 0.25) is 0 Å². The topological polar surface area (TPSA) is 55.7 Å². The van der Waals surface area contributed by atoms with Crippen molar-refractivity contribution in [3.63, 3.8) is 0 Å². The Labute approximate surface area is 83.4 Å². The van der Waals surface area contributed by atoms with Crippen LogP contribution in [0.25, 0.3) is 0 Å². The summed E-state index contributed by atoms with van der Waals surface area (Å²) in [6.45, 7) is 0. The summed E-state index contributed by atoms with van der Waals surface area (Å²) in [7, 11) is 1.17. The molecular weight excluding hydrogens is 215 g/mol. The molecule has 0 bridgehead atoms. The maximum atomic E-state index is 11.6. The Hall–Kier alpha value is -1.66. The summed E-state index contributed by atoms with van der Waals surface area (Å²) in [6, 6.07) is 0. The fourth-order valence-electron chi connectivity index (χ4n) is 0.477. The third-order valence-corrected chi connectivity index (χ3v) is 1.18. The number of ether oxygens (including phenoxy) is 1. The Kier molecular flexibility index (Phi) is 5.29. The molecule has 0 aromatic rings. The van der Waals surface area contributed by atoms with Gasteiger partial charge in [0.2, 0.25) is 0 Å². The molecule has 4 nitrogen and oxygen atoms in total. The minimum atomic E-state index is -4.89. The number of hydrogen-bond acceptors (Lipinski definition) is 4. The average Bonchev–Trinajstić information content (AvgIpc) is 2.15. The van der Waals surface area contributed by atoms with E-state index in [1.54, 1.807) is 0 Å². The molecule has 0 aromatic heterocycles. The van der Waals surface area contributed by atoms with Crippen LogP contribution < -0.4 is 0 Å². The number of ketones is 1. The van der Waals surface area contributed by atoms with Crippen molar-refractivity contribution >= 4 is 18.0 Å². The van der Waals surface area contributed by atoms with Gasteiger partial charge >= 0.3 is 12.1 Å². The lowest BCUT2D eigenvalue weighted by atomic mass is 10.4. The molecule has 0 unspecified atom stereocenters. The summed E-state index contributed by atoms with van der Waals surface area (Å²) in [6.07, 6.45) is -3.09. The van der Waals surface area contributed by atoms with Gasteiger partial charge in [-0.2, -0.15) is 13.2 Å². The molecule has 0 aliphatic carbocycles. The number of nitrogens with zero attached hydrogens (tertiary/aromatic N) is 1. The lowest BCUT2D eigenvalue weighted by molar-refractivity contribution is -0.165. The van der Waals surface area contributed by atoms with Gasteiger partial charge in [0.25, 0.3) is 5.78 Å². The summed E-state index contributed by atoms with van der Waals surface area (Å²) in [5.41, 5.74) is 0. The molecule has 0 rings (SSSR count). The maximum absolute atomic E-state index is 11.6. The van der Waals surface area contributed by atoms with E-state index >= 15 is 0 Å². The first-order valence-corrected chi connectivity index (χ1v) is 3.74. The molecule has 0 aliphatic heterocycles. The quantitative estimate of drug-likeness (QED) is 0.409. The van der Waals surface area contributed by atoms with Gasteiger partial charge in [0.05, 0.1) is 13.5 Å². The predicted octanol–water partition coefficient (Wildman–Crippen LogP) is 1.27. The lowest BCUT2D eigenvalue weighted by Gasteiger charge is -1.97. The van der Waals surface area contributed by atoms with Crippen LogP contribution in [0.4, 0.5) is 13.2 Å². The summed E-state index contributed by atoms with van der Waals surface area (Å²) in [4.78, 5) is 24.0. The van der Waals surface area contributed by atoms with Crippen molar-refractivity contribution in [2.24, 2.45) is 4.99 Å². The van der Waals surface area contributed by atoms with E-state index in [1.165, 1.54) is 7.11 Å². The van der Waals surface area contributed by atoms with Crippen LogP contribution in [-0.4, -0.2) is 31.3 Å². The predicted molar refractivity (Wildman–Crippen MR) is 45.3 cm³/mol. The van der Waals surface area contributed by atoms with Gasteiger partial charge in [0.1, 0.15) is 0 Å². The Morgan fingerprint density at radius 1 is 1.40 bits per heavy atom. The molecule has 84 valence electrons. The third-order valence-electron chi connectivity index (χ3n) is 1.18. The summed E-state index contributed by atoms with van der Waals surface area (Å²) >= 11 is 0. The molecule has 0 radical (unpaired) electrons. The fourth-order valence-corrected chi connectivity index (χ4v) is 0.477. The molecule has 0 spiro atoms. The summed E-state index contributed by atoms with van der Waals surface area (Å²) < 4.78 is 39.1. The average molecular weight is 223 g/mol. The van der Waals surface area contributed by atoms with Crippen LogP contribution in [0.1, 0.15) is 6.42 Å². The Bertz CT molecular complexity index is 294. The van der Waals surface area contributed by atoms with Crippen molar-refractivity contribution < 1.29 is 27.5 Å². The van der Waals surface area contributed by atoms with Crippen LogP contribution in [0.3, 0.4) is 0 Å². The van der Waals surface area contributed by atoms with Crippen molar-refractivity contribution in [1.82, 2.24) is 0 Å². The van der Waals surface area contributed by atoms with Gasteiger partial charge in [-0.3, -0.25) is 14.6 Å². The molecule has 0 amide bonds. The number of carbonyl (C=O) groups is 2. The van der Waals surface area contributed by atoms with E-state index in [4.69, 9.17) is 0 Å². The summed E-state index contributed by atoms with van der Waals surface area (Å²) in [5, 5.41) is 0. The standard InChI is InChI=1S/C8H8F3NO3/c1-15-7(14)3-5-12-4-2-6(13)8(9,10)11/h2,4-5H,3H2,1H3. The van der Waals surface area contributed by atoms with Crippen LogP contribution in [0, 0.1) is 0 Å². The van der Waals surface area contributed by atoms with E-state index in [0.29, 0.717) is 6.20 Å². The molecule has 0 saturated carbocycles. The number of esters is 1. The number of carbonyl (C=O) groups excluding carboxylic acids is 2. The maximum Gasteiger partial charge on any atom is 0.454 e. The van der Waals surface area contributed by atoms with Gasteiger partial charge in [0, 0.05) is 18.5 Å². The second kappa shape index (κ2) is 5.94. The van der Waals surface area contributed by atoms with Crippen molar-refractivity contribution in [3.05, 3.63) is 12.3 Å². The number of rotatable bonds is 4. The second-order valence-corrected chi connectivity index (χ2v) is 2.29. The molecule has 0 heterocycles. The van der Waals surface area contributed by atoms with E-state index in [9.17, 15) is 22.8 Å². The number of allylic oxidation sites excluding steroid dienone is 1. The zero-order chi connectivity index (χ0) is 11.9. The largest absolute Gasteiger partial charge is 0.469 e. The molecule has 15 heavy (non-hydrogen) atoms. The first-order chi connectivity index (χ1) is 6.88. The highest BCUT2D eigenvalue weighted by molar-refractivity contribution is 5.94. The molecule has 0 fully saturated rings. The number of halogens is 3. The van der Waals surface area contributed by atoms with Crippen molar-refractivity contribution in [2.45, 2.75) is 12.6 Å². The monoisotopic (exact) mass is 223 g/mol. The molecule has 0 aromatic carbocycles. The minimum Gasteiger partial charge on any atom is -0.469 e. The number of aliphatic imine (C=N–C) groups is 1. The normalized spacial score (nSPS) is 12.3. The van der Waals surface area contributed by atoms with Crippen molar-refractivity contribution in [2.75, 3.05) is 7.11 Å². The molecule has 0 atom stereocenters. The van der Waals surface area contributed by atoms with Crippen LogP contribution in [-0.2, 0) is 14.3 Å². The highest BCUT2D eigenvalue weighted by Gasteiger charge is 2.35. The van der Waals surface area contributed by atoms with E-state index in [2.05, 4.69) is 9.73 Å². The molecule has 7 heteroatoms. The molecule has 0 aliphatic rings. The first-order valence-electron chi connectivity index (χ1n) is 3.74. The van der Waals surface area contributed by atoms with Gasteiger partial charge in [-0.15, -0.1) is 0 Å². The Balaban J connectivity index is 4.00. The van der Waals surface area contributed by atoms with E-state index in [1.807, 2.05) is 0 Å². The number of hydrogen-bond donors (Lipinski definition) is 0. The third kappa shape index (κ3) is 6.42. The number of methoxy groups -OCH3 is 1. The van der Waals surface area contributed by atoms with Crippen LogP contribution in [0.5, 0.6) is 0 Å². The van der Waals surface area contributed by atoms with Crippen LogP contribution >= 0.6 is 0 Å². The lowest BCUT2D eigenvalue weighted by Crippen LogP contribution is -2.19. The Morgan fingerprint density at radius 2 is 2.00 bits per heavy atom. The number of alkyl halides is 3. The smallest absolute Gasteiger partial charge is 0.454 e. The highest BCUT2D eigenvalue weighted by atomic mass is 19.4. The second-order valence-electron chi connectivity index (χ2n) is 2.29. The van der Waals surface area contributed by atoms with Gasteiger partial charge < -0.3 is 4.74 Å². The van der Waals surface area contributed by atoms with E-state index in [0.717, 1.165) is 6.21 Å². The van der Waals surface area contributed by atoms with Crippen molar-refractivity contribution in [3.8, 4) is 0 Å². The fraction of sp³-hybridized carbons (Fsp3) is 0.375. The van der Waals surface area contributed by atoms with Gasteiger partial charge in [-0.1, -0.05) is 0 Å². The highest BCUT2D eigenvalue weighted by Crippen LogP contribution is 2.16. The van der Waals surface area contributed by atoms with Gasteiger partial charge in [-0.05, 0) is 0 Å². The zero-order valence-electron chi connectivity index (χ0n) is 7.75. The first kappa shape index (κ1) is 13.3. The SMILES string of the molecule is COC(=O)CC=NC=CC(=O)C(F)(F)F. The molecular formula is C8H8F3NO3. The van der Waals surface area contributed by atoms with Crippen molar-refractivity contribution in [1.29, 1.82) is 0 Å². The molecule has 0 saturated heterocycles. The van der Waals surface area contributed by atoms with Gasteiger partial charge in [0.15, 0.2) is 0 Å². The van der Waals surface area contributed by atoms with E-state index < -0.39 is 17.9 Å². The minimum absolute atomic E-state index is 0.166. The zero-order valence-corrected chi connectivity index (χ0v) is 7.75.